The number of anilines is 1. The average molecular weight is 482 g/mol. The minimum atomic E-state index is -0.0971. The summed E-state index contributed by atoms with van der Waals surface area (Å²) in [4.78, 5) is 17.5. The number of aryl methyl sites for hydroxylation is 1. The summed E-state index contributed by atoms with van der Waals surface area (Å²) in [5, 5.41) is 14.5. The predicted octanol–water partition coefficient (Wildman–Crippen LogP) is 6.20. The Labute approximate surface area is 203 Å². The molecule has 3 heterocycles. The molecular weight excluding hydrogens is 462 g/mol. The minimum absolute atomic E-state index is 0.0971. The van der Waals surface area contributed by atoms with E-state index in [0.717, 1.165) is 48.6 Å². The van der Waals surface area contributed by atoms with Gasteiger partial charge in [-0.3, -0.25) is 9.20 Å². The van der Waals surface area contributed by atoms with Crippen molar-refractivity contribution in [1.82, 2.24) is 19.6 Å². The number of amides is 1. The number of hydrogen-bond donors (Lipinski definition) is 1. The molecule has 1 amide bonds. The van der Waals surface area contributed by atoms with Gasteiger partial charge in [-0.25, -0.2) is 4.98 Å². The van der Waals surface area contributed by atoms with Crippen molar-refractivity contribution in [2.45, 2.75) is 12.1 Å². The molecule has 34 heavy (non-hydrogen) atoms. The molecule has 3 aromatic heterocycles. The van der Waals surface area contributed by atoms with Crippen molar-refractivity contribution in [2.24, 2.45) is 0 Å². The maximum Gasteiger partial charge on any atom is 0.234 e. The zero-order valence-electron chi connectivity index (χ0n) is 18.2. The lowest BCUT2D eigenvalue weighted by Gasteiger charge is -2.08. The van der Waals surface area contributed by atoms with E-state index in [1.807, 2.05) is 72.0 Å². The van der Waals surface area contributed by atoms with Crippen LogP contribution in [-0.2, 0) is 4.79 Å². The largest absolute Gasteiger partial charge is 0.325 e. The Hall–Kier alpha value is -3.75. The first kappa shape index (κ1) is 20.8. The lowest BCUT2D eigenvalue weighted by Crippen LogP contribution is -2.14. The summed E-state index contributed by atoms with van der Waals surface area (Å²) in [5.41, 5.74) is 5.60. The highest BCUT2D eigenvalue weighted by Crippen LogP contribution is 2.31. The van der Waals surface area contributed by atoms with Gasteiger partial charge in [0, 0.05) is 11.3 Å². The summed E-state index contributed by atoms with van der Waals surface area (Å²) in [5.74, 6) is 0.134. The van der Waals surface area contributed by atoms with Crippen LogP contribution in [0.2, 0.25) is 0 Å². The number of nitrogens with one attached hydrogen (secondary N) is 1. The van der Waals surface area contributed by atoms with Crippen LogP contribution in [0.25, 0.3) is 37.3 Å². The number of benzene rings is 3. The predicted molar refractivity (Wildman–Crippen MR) is 140 cm³/mol. The van der Waals surface area contributed by atoms with Gasteiger partial charge < -0.3 is 5.32 Å². The number of carbonyl (C=O) groups excluding carboxylic acids is 1. The molecule has 0 spiro atoms. The lowest BCUT2D eigenvalue weighted by molar-refractivity contribution is -0.113. The lowest BCUT2D eigenvalue weighted by atomic mass is 10.1. The Kier molecular flexibility index (Phi) is 5.24. The van der Waals surface area contributed by atoms with Crippen molar-refractivity contribution < 1.29 is 4.79 Å². The molecular formula is C26H19N5OS2. The van der Waals surface area contributed by atoms with Crippen LogP contribution in [0.1, 0.15) is 5.56 Å². The molecule has 6 aromatic rings. The van der Waals surface area contributed by atoms with Crippen LogP contribution in [0, 0.1) is 6.92 Å². The van der Waals surface area contributed by atoms with Crippen LogP contribution < -0.4 is 5.32 Å². The summed E-state index contributed by atoms with van der Waals surface area (Å²) in [6.45, 7) is 2.02. The maximum atomic E-state index is 12.8. The summed E-state index contributed by atoms with van der Waals surface area (Å²) < 4.78 is 3.17. The van der Waals surface area contributed by atoms with E-state index in [-0.39, 0.29) is 11.7 Å². The van der Waals surface area contributed by atoms with Crippen molar-refractivity contribution in [2.75, 3.05) is 11.1 Å². The fraction of sp³-hybridized carbons (Fsp3) is 0.0769. The highest BCUT2D eigenvalue weighted by molar-refractivity contribution is 7.99. The molecule has 0 radical (unpaired) electrons. The number of para-hydroxylation sites is 2. The quantitative estimate of drug-likeness (QED) is 0.297. The molecule has 0 saturated carbocycles. The minimum Gasteiger partial charge on any atom is -0.325 e. The SMILES string of the molecule is Cc1cc2ccccc2n2c(SCC(=O)Nc3cccc(-c4nc5ccccc5s4)c3)nnc12. The number of rotatable bonds is 5. The number of fused-ring (bicyclic) bond motifs is 4. The van der Waals surface area contributed by atoms with E-state index in [9.17, 15) is 4.79 Å². The molecule has 0 bridgehead atoms. The van der Waals surface area contributed by atoms with Gasteiger partial charge in [-0.1, -0.05) is 54.2 Å². The van der Waals surface area contributed by atoms with Gasteiger partial charge in [-0.2, -0.15) is 0 Å². The second-order valence-electron chi connectivity index (χ2n) is 7.93. The first-order chi connectivity index (χ1) is 16.7. The van der Waals surface area contributed by atoms with Crippen molar-refractivity contribution in [3.63, 3.8) is 0 Å². The summed E-state index contributed by atoms with van der Waals surface area (Å²) in [6.07, 6.45) is 0. The number of hydrogen-bond acceptors (Lipinski definition) is 6. The summed E-state index contributed by atoms with van der Waals surface area (Å²) >= 11 is 3.02. The van der Waals surface area contributed by atoms with E-state index < -0.39 is 0 Å². The van der Waals surface area contributed by atoms with Crippen LogP contribution in [0.5, 0.6) is 0 Å². The fourth-order valence-electron chi connectivity index (χ4n) is 4.00. The Morgan fingerprint density at radius 3 is 2.76 bits per heavy atom. The van der Waals surface area contributed by atoms with Crippen molar-refractivity contribution in [1.29, 1.82) is 0 Å². The number of thioether (sulfide) groups is 1. The fourth-order valence-corrected chi connectivity index (χ4v) is 5.71. The molecule has 0 aliphatic rings. The van der Waals surface area contributed by atoms with E-state index in [0.29, 0.717) is 5.16 Å². The van der Waals surface area contributed by atoms with Crippen LogP contribution in [0.4, 0.5) is 5.69 Å². The second-order valence-corrected chi connectivity index (χ2v) is 9.91. The molecule has 6 rings (SSSR count). The molecule has 1 N–H and O–H groups in total. The third kappa shape index (κ3) is 3.81. The zero-order chi connectivity index (χ0) is 23.1. The van der Waals surface area contributed by atoms with Crippen LogP contribution in [-0.4, -0.2) is 31.2 Å². The molecule has 0 unspecified atom stereocenters. The van der Waals surface area contributed by atoms with Crippen LogP contribution in [0.15, 0.2) is 84.0 Å². The van der Waals surface area contributed by atoms with E-state index in [4.69, 9.17) is 4.98 Å². The third-order valence-corrected chi connectivity index (χ3v) is 7.57. The molecule has 0 aliphatic heterocycles. The Morgan fingerprint density at radius 2 is 1.85 bits per heavy atom. The highest BCUT2D eigenvalue weighted by atomic mass is 32.2. The number of carbonyl (C=O) groups is 1. The number of thiazole rings is 1. The van der Waals surface area contributed by atoms with Gasteiger partial charge >= 0.3 is 0 Å². The monoisotopic (exact) mass is 481 g/mol. The van der Waals surface area contributed by atoms with Crippen molar-refractivity contribution >= 4 is 61.5 Å². The van der Waals surface area contributed by atoms with Crippen LogP contribution in [0.3, 0.4) is 0 Å². The van der Waals surface area contributed by atoms with E-state index in [1.54, 1.807) is 11.3 Å². The molecule has 6 nitrogen and oxygen atoms in total. The number of aromatic nitrogens is 4. The van der Waals surface area contributed by atoms with Gasteiger partial charge in [0.05, 0.1) is 21.5 Å². The van der Waals surface area contributed by atoms with Gasteiger partial charge in [0.25, 0.3) is 0 Å². The first-order valence-electron chi connectivity index (χ1n) is 10.8. The van der Waals surface area contributed by atoms with E-state index in [2.05, 4.69) is 33.7 Å². The maximum absolute atomic E-state index is 12.8. The highest BCUT2D eigenvalue weighted by Gasteiger charge is 2.14. The zero-order valence-corrected chi connectivity index (χ0v) is 19.9. The second kappa shape index (κ2) is 8.55. The average Bonchev–Trinajstić information content (AvgIpc) is 3.48. The summed E-state index contributed by atoms with van der Waals surface area (Å²) in [7, 11) is 0. The molecule has 166 valence electrons. The van der Waals surface area contributed by atoms with Gasteiger partial charge in [-0.05, 0) is 54.3 Å². The molecule has 0 fully saturated rings. The molecule has 0 atom stereocenters. The Bertz CT molecular complexity index is 1650. The smallest absolute Gasteiger partial charge is 0.234 e. The number of nitrogens with zero attached hydrogens (tertiary/aromatic N) is 4. The van der Waals surface area contributed by atoms with Gasteiger partial charge in [0.1, 0.15) is 5.01 Å². The summed E-state index contributed by atoms with van der Waals surface area (Å²) in [6, 6.07) is 26.1. The van der Waals surface area contributed by atoms with Crippen molar-refractivity contribution in [3.8, 4) is 10.6 Å². The third-order valence-electron chi connectivity index (χ3n) is 5.56. The molecule has 0 saturated heterocycles. The van der Waals surface area contributed by atoms with E-state index >= 15 is 0 Å². The van der Waals surface area contributed by atoms with Crippen LogP contribution >= 0.6 is 23.1 Å². The molecule has 3 aromatic carbocycles. The standard InChI is InChI=1S/C26H19N5OS2/c1-16-13-17-7-2-4-11-21(17)31-24(16)29-30-26(31)33-15-23(32)27-19-9-6-8-18(14-19)25-28-20-10-3-5-12-22(20)34-25/h2-14H,15H2,1H3,(H,27,32). The molecule has 8 heteroatoms. The normalized spacial score (nSPS) is 11.4. The van der Waals surface area contributed by atoms with Crippen molar-refractivity contribution in [3.05, 3.63) is 84.4 Å². The topological polar surface area (TPSA) is 72.2 Å². The Balaban J connectivity index is 1.21. The first-order valence-corrected chi connectivity index (χ1v) is 12.6. The van der Waals surface area contributed by atoms with E-state index in [1.165, 1.54) is 11.8 Å². The number of pyridine rings is 1. The van der Waals surface area contributed by atoms with Gasteiger partial charge in [0.2, 0.25) is 5.91 Å². The van der Waals surface area contributed by atoms with Gasteiger partial charge in [-0.15, -0.1) is 21.5 Å². The van der Waals surface area contributed by atoms with Gasteiger partial charge in [0.15, 0.2) is 10.8 Å². The Morgan fingerprint density at radius 1 is 1.00 bits per heavy atom. The molecule has 0 aliphatic carbocycles.